The van der Waals surface area contributed by atoms with Gasteiger partial charge in [0, 0.05) is 16.9 Å². The van der Waals surface area contributed by atoms with Crippen molar-refractivity contribution in [1.82, 2.24) is 14.4 Å². The zero-order valence-corrected chi connectivity index (χ0v) is 14.8. The number of imidazole rings is 1. The summed E-state index contributed by atoms with van der Waals surface area (Å²) in [7, 11) is 0. The molecule has 6 heteroatoms. The van der Waals surface area contributed by atoms with Gasteiger partial charge in [-0.2, -0.15) is 0 Å². The Kier molecular flexibility index (Phi) is 4.17. The quantitative estimate of drug-likeness (QED) is 0.757. The Bertz CT molecular complexity index is 901. The molecule has 0 unspecified atom stereocenters. The van der Waals surface area contributed by atoms with Crippen molar-refractivity contribution >= 4 is 33.3 Å². The number of carbonyl (C=O) groups is 1. The van der Waals surface area contributed by atoms with Crippen LogP contribution in [0.2, 0.25) is 0 Å². The molecule has 0 fully saturated rings. The summed E-state index contributed by atoms with van der Waals surface area (Å²) in [6.07, 6.45) is 4.22. The van der Waals surface area contributed by atoms with Crippen molar-refractivity contribution in [3.8, 4) is 0 Å². The molecule has 0 radical (unpaired) electrons. The van der Waals surface area contributed by atoms with E-state index < -0.39 is 0 Å². The summed E-state index contributed by atoms with van der Waals surface area (Å²) in [6.45, 7) is 5.89. The lowest BCUT2D eigenvalue weighted by molar-refractivity contribution is 0.102. The number of fused-ring (bicyclic) bond motifs is 1. The molecule has 3 aromatic heterocycles. The predicted octanol–water partition coefficient (Wildman–Crippen LogP) is 3.92. The molecular formula is C17H17BrN4O. The van der Waals surface area contributed by atoms with Crippen LogP contribution >= 0.6 is 15.9 Å². The summed E-state index contributed by atoms with van der Waals surface area (Å²) >= 11 is 3.48. The Morgan fingerprint density at radius 2 is 2.13 bits per heavy atom. The van der Waals surface area contributed by atoms with Crippen LogP contribution in [0.5, 0.6) is 0 Å². The van der Waals surface area contributed by atoms with Gasteiger partial charge < -0.3 is 5.32 Å². The van der Waals surface area contributed by atoms with Crippen LogP contribution in [0.15, 0.2) is 35.1 Å². The van der Waals surface area contributed by atoms with E-state index in [4.69, 9.17) is 0 Å². The maximum Gasteiger partial charge on any atom is 0.275 e. The Hall–Kier alpha value is -2.21. The van der Waals surface area contributed by atoms with E-state index in [2.05, 4.69) is 31.2 Å². The van der Waals surface area contributed by atoms with Gasteiger partial charge in [0.05, 0.1) is 5.69 Å². The van der Waals surface area contributed by atoms with Gasteiger partial charge in [-0.05, 0) is 59.5 Å². The Labute approximate surface area is 142 Å². The number of nitrogens with zero attached hydrogens (tertiary/aromatic N) is 3. The molecule has 0 aliphatic heterocycles. The average molecular weight is 373 g/mol. The van der Waals surface area contributed by atoms with Gasteiger partial charge in [-0.25, -0.2) is 9.97 Å². The third kappa shape index (κ3) is 2.86. The minimum atomic E-state index is -0.200. The van der Waals surface area contributed by atoms with E-state index in [0.717, 1.165) is 26.9 Å². The van der Waals surface area contributed by atoms with Crippen LogP contribution in [0.3, 0.4) is 0 Å². The fourth-order valence-electron chi connectivity index (χ4n) is 2.59. The molecular weight excluding hydrogens is 356 g/mol. The van der Waals surface area contributed by atoms with Crippen LogP contribution < -0.4 is 5.32 Å². The highest BCUT2D eigenvalue weighted by Crippen LogP contribution is 2.22. The second-order valence-corrected chi connectivity index (χ2v) is 6.33. The van der Waals surface area contributed by atoms with E-state index in [9.17, 15) is 4.79 Å². The SMILES string of the molecule is CCc1nc2c(C)cc(Br)cn2c1C(=O)Nc1ncccc1C. The van der Waals surface area contributed by atoms with Crippen LogP contribution in [0.25, 0.3) is 5.65 Å². The van der Waals surface area contributed by atoms with Crippen molar-refractivity contribution in [2.75, 3.05) is 5.32 Å². The van der Waals surface area contributed by atoms with Crippen LogP contribution in [-0.4, -0.2) is 20.3 Å². The number of aromatic nitrogens is 3. The average Bonchev–Trinajstić information content (AvgIpc) is 2.88. The van der Waals surface area contributed by atoms with Crippen molar-refractivity contribution in [1.29, 1.82) is 0 Å². The number of hydrogen-bond donors (Lipinski definition) is 1. The molecule has 1 N–H and O–H groups in total. The van der Waals surface area contributed by atoms with E-state index in [0.29, 0.717) is 17.9 Å². The first-order chi connectivity index (χ1) is 11.0. The van der Waals surface area contributed by atoms with E-state index in [-0.39, 0.29) is 5.91 Å². The van der Waals surface area contributed by atoms with Crippen molar-refractivity contribution in [3.05, 3.63) is 57.6 Å². The number of carbonyl (C=O) groups excluding carboxylic acids is 1. The normalized spacial score (nSPS) is 11.0. The number of amides is 1. The first-order valence-corrected chi connectivity index (χ1v) is 8.20. The monoisotopic (exact) mass is 372 g/mol. The molecule has 118 valence electrons. The third-order valence-electron chi connectivity index (χ3n) is 3.73. The van der Waals surface area contributed by atoms with Gasteiger partial charge in [-0.3, -0.25) is 9.20 Å². The molecule has 3 heterocycles. The van der Waals surface area contributed by atoms with Crippen molar-refractivity contribution in [2.24, 2.45) is 0 Å². The fraction of sp³-hybridized carbons (Fsp3) is 0.235. The number of hydrogen-bond acceptors (Lipinski definition) is 3. The molecule has 0 spiro atoms. The molecule has 3 aromatic rings. The summed E-state index contributed by atoms with van der Waals surface area (Å²) in [5.74, 6) is 0.370. The Morgan fingerprint density at radius 1 is 1.35 bits per heavy atom. The predicted molar refractivity (Wildman–Crippen MR) is 93.9 cm³/mol. The molecule has 0 atom stereocenters. The summed E-state index contributed by atoms with van der Waals surface area (Å²) in [5, 5.41) is 2.89. The molecule has 0 bridgehead atoms. The van der Waals surface area contributed by atoms with E-state index in [1.165, 1.54) is 0 Å². The van der Waals surface area contributed by atoms with Crippen molar-refractivity contribution in [3.63, 3.8) is 0 Å². The third-order valence-corrected chi connectivity index (χ3v) is 4.17. The van der Waals surface area contributed by atoms with Crippen LogP contribution in [0, 0.1) is 13.8 Å². The van der Waals surface area contributed by atoms with Gasteiger partial charge in [0.1, 0.15) is 17.2 Å². The Balaban J connectivity index is 2.11. The molecule has 0 aliphatic rings. The largest absolute Gasteiger partial charge is 0.305 e. The number of anilines is 1. The minimum absolute atomic E-state index is 0.200. The van der Waals surface area contributed by atoms with E-state index in [1.54, 1.807) is 6.20 Å². The lowest BCUT2D eigenvalue weighted by atomic mass is 10.2. The molecule has 0 aromatic carbocycles. The Morgan fingerprint density at radius 3 is 2.83 bits per heavy atom. The van der Waals surface area contributed by atoms with Gasteiger partial charge in [0.15, 0.2) is 0 Å². The summed E-state index contributed by atoms with van der Waals surface area (Å²) in [4.78, 5) is 21.7. The van der Waals surface area contributed by atoms with E-state index >= 15 is 0 Å². The highest BCUT2D eigenvalue weighted by molar-refractivity contribution is 9.10. The summed E-state index contributed by atoms with van der Waals surface area (Å²) in [6, 6.07) is 5.75. The lowest BCUT2D eigenvalue weighted by Gasteiger charge is -2.08. The highest BCUT2D eigenvalue weighted by Gasteiger charge is 2.20. The number of rotatable bonds is 3. The number of nitrogens with one attached hydrogen (secondary N) is 1. The maximum atomic E-state index is 12.8. The zero-order chi connectivity index (χ0) is 16.6. The number of pyridine rings is 2. The van der Waals surface area contributed by atoms with Gasteiger partial charge in [0.25, 0.3) is 5.91 Å². The van der Waals surface area contributed by atoms with Crippen LogP contribution in [0.4, 0.5) is 5.82 Å². The maximum absolute atomic E-state index is 12.8. The standard InChI is InChI=1S/C17H17BrN4O/c1-4-13-14(17(23)21-15-10(2)6-5-7-19-15)22-9-12(18)8-11(3)16(22)20-13/h5-9H,4H2,1-3H3,(H,19,21,23). The smallest absolute Gasteiger partial charge is 0.275 e. The fourth-order valence-corrected chi connectivity index (χ4v) is 3.13. The first-order valence-electron chi connectivity index (χ1n) is 7.41. The first kappa shape index (κ1) is 15.7. The van der Waals surface area contributed by atoms with Crippen molar-refractivity contribution < 1.29 is 4.79 Å². The van der Waals surface area contributed by atoms with Gasteiger partial charge in [-0.1, -0.05) is 13.0 Å². The topological polar surface area (TPSA) is 59.3 Å². The lowest BCUT2D eigenvalue weighted by Crippen LogP contribution is -2.17. The van der Waals surface area contributed by atoms with E-state index in [1.807, 2.05) is 49.6 Å². The molecule has 3 rings (SSSR count). The number of aryl methyl sites for hydroxylation is 3. The van der Waals surface area contributed by atoms with Crippen LogP contribution in [-0.2, 0) is 6.42 Å². The molecule has 1 amide bonds. The summed E-state index contributed by atoms with van der Waals surface area (Å²) in [5.41, 5.74) is 4.06. The second kappa shape index (κ2) is 6.12. The number of halogens is 1. The second-order valence-electron chi connectivity index (χ2n) is 5.42. The summed E-state index contributed by atoms with van der Waals surface area (Å²) < 4.78 is 2.75. The molecule has 0 saturated carbocycles. The van der Waals surface area contributed by atoms with Gasteiger partial charge in [0.2, 0.25) is 0 Å². The molecule has 0 saturated heterocycles. The molecule has 0 aliphatic carbocycles. The van der Waals surface area contributed by atoms with Crippen molar-refractivity contribution in [2.45, 2.75) is 27.2 Å². The van der Waals surface area contributed by atoms with Gasteiger partial charge in [-0.15, -0.1) is 0 Å². The van der Waals surface area contributed by atoms with Crippen LogP contribution in [0.1, 0.15) is 34.2 Å². The minimum Gasteiger partial charge on any atom is -0.305 e. The molecule has 23 heavy (non-hydrogen) atoms. The molecule has 5 nitrogen and oxygen atoms in total. The zero-order valence-electron chi connectivity index (χ0n) is 13.2. The van der Waals surface area contributed by atoms with Gasteiger partial charge >= 0.3 is 0 Å². The highest BCUT2D eigenvalue weighted by atomic mass is 79.9.